The van der Waals surface area contributed by atoms with Crippen LogP contribution in [-0.4, -0.2) is 28.8 Å². The fraction of sp³-hybridized carbons (Fsp3) is 0.267. The minimum absolute atomic E-state index is 0.150. The highest BCUT2D eigenvalue weighted by molar-refractivity contribution is 6.30. The van der Waals surface area contributed by atoms with E-state index >= 15 is 0 Å². The molecule has 6 heteroatoms. The number of amides is 2. The minimum atomic E-state index is -0.752. The van der Waals surface area contributed by atoms with Gasteiger partial charge >= 0.3 is 6.03 Å². The Balaban J connectivity index is 1.67. The predicted octanol–water partition coefficient (Wildman–Crippen LogP) is 2.17. The molecule has 2 rings (SSSR count). The summed E-state index contributed by atoms with van der Waals surface area (Å²) in [7, 11) is 0. The van der Waals surface area contributed by atoms with Crippen LogP contribution in [0, 0.1) is 0 Å². The van der Waals surface area contributed by atoms with Gasteiger partial charge in [0.2, 0.25) is 0 Å². The molecule has 0 aliphatic heterocycles. The second kappa shape index (κ2) is 7.71. The molecule has 1 aromatic heterocycles. The third-order valence-electron chi connectivity index (χ3n) is 3.03. The van der Waals surface area contributed by atoms with Crippen LogP contribution in [0.1, 0.15) is 11.7 Å². The van der Waals surface area contributed by atoms with Crippen molar-refractivity contribution in [2.24, 2.45) is 0 Å². The van der Waals surface area contributed by atoms with Gasteiger partial charge in [0.15, 0.2) is 0 Å². The molecule has 0 fully saturated rings. The molecular weight excluding hydrogens is 290 g/mol. The number of nitrogens with one attached hydrogen (secondary N) is 2. The van der Waals surface area contributed by atoms with E-state index in [0.717, 1.165) is 0 Å². The number of aliphatic hydroxyl groups is 1. The first-order valence-corrected chi connectivity index (χ1v) is 7.09. The van der Waals surface area contributed by atoms with E-state index in [2.05, 4.69) is 10.6 Å². The first kappa shape index (κ1) is 15.4. The molecule has 0 saturated heterocycles. The minimum Gasteiger partial charge on any atom is -0.387 e. The number of rotatable bonds is 6. The highest BCUT2D eigenvalue weighted by atomic mass is 35.5. The van der Waals surface area contributed by atoms with Crippen LogP contribution in [0.15, 0.2) is 48.8 Å². The molecule has 21 heavy (non-hydrogen) atoms. The Morgan fingerprint density at radius 2 is 1.86 bits per heavy atom. The second-order valence-electron chi connectivity index (χ2n) is 4.63. The van der Waals surface area contributed by atoms with Crippen molar-refractivity contribution in [3.63, 3.8) is 0 Å². The van der Waals surface area contributed by atoms with Crippen molar-refractivity contribution in [3.8, 4) is 0 Å². The number of nitrogens with zero attached hydrogens (tertiary/aromatic N) is 1. The molecule has 1 unspecified atom stereocenters. The molecule has 3 N–H and O–H groups in total. The summed E-state index contributed by atoms with van der Waals surface area (Å²) in [6, 6.07) is 10.5. The Hall–Kier alpha value is -1.98. The number of aromatic nitrogens is 1. The second-order valence-corrected chi connectivity index (χ2v) is 5.06. The van der Waals surface area contributed by atoms with Gasteiger partial charge < -0.3 is 20.3 Å². The van der Waals surface area contributed by atoms with E-state index in [9.17, 15) is 9.90 Å². The van der Waals surface area contributed by atoms with Crippen molar-refractivity contribution in [1.82, 2.24) is 15.2 Å². The van der Waals surface area contributed by atoms with Crippen LogP contribution in [0.5, 0.6) is 0 Å². The van der Waals surface area contributed by atoms with Gasteiger partial charge in [-0.2, -0.15) is 0 Å². The van der Waals surface area contributed by atoms with E-state index in [1.807, 2.05) is 29.1 Å². The molecule has 1 atom stereocenters. The maximum absolute atomic E-state index is 11.6. The van der Waals surface area contributed by atoms with Gasteiger partial charge in [0.25, 0.3) is 0 Å². The van der Waals surface area contributed by atoms with Crippen LogP contribution >= 0.6 is 11.6 Å². The zero-order chi connectivity index (χ0) is 15.1. The molecule has 112 valence electrons. The van der Waals surface area contributed by atoms with Gasteiger partial charge in [-0.1, -0.05) is 23.7 Å². The van der Waals surface area contributed by atoms with Gasteiger partial charge in [-0.25, -0.2) is 4.79 Å². The first-order chi connectivity index (χ1) is 10.1. The number of carbonyl (C=O) groups is 1. The highest BCUT2D eigenvalue weighted by Crippen LogP contribution is 2.15. The topological polar surface area (TPSA) is 66.3 Å². The standard InChI is InChI=1S/C15H18ClN3O2/c16-13-5-3-12(4-6-13)14(20)11-18-15(21)17-7-10-19-8-1-2-9-19/h1-6,8-9,14,20H,7,10-11H2,(H2,17,18,21). The molecule has 0 aliphatic carbocycles. The number of urea groups is 1. The van der Waals surface area contributed by atoms with Crippen molar-refractivity contribution in [3.05, 3.63) is 59.4 Å². The highest BCUT2D eigenvalue weighted by Gasteiger charge is 2.09. The number of halogens is 1. The van der Waals surface area contributed by atoms with Gasteiger partial charge in [-0.3, -0.25) is 0 Å². The van der Waals surface area contributed by atoms with Crippen molar-refractivity contribution in [1.29, 1.82) is 0 Å². The summed E-state index contributed by atoms with van der Waals surface area (Å²) in [4.78, 5) is 11.6. The maximum Gasteiger partial charge on any atom is 0.314 e. The average Bonchev–Trinajstić information content (AvgIpc) is 2.99. The molecular formula is C15H18ClN3O2. The van der Waals surface area contributed by atoms with Crippen LogP contribution in [0.4, 0.5) is 4.79 Å². The summed E-state index contributed by atoms with van der Waals surface area (Å²) in [5, 5.41) is 15.9. The Morgan fingerprint density at radius 3 is 2.52 bits per heavy atom. The molecule has 0 spiro atoms. The number of benzene rings is 1. The maximum atomic E-state index is 11.6. The van der Waals surface area contributed by atoms with Crippen LogP contribution < -0.4 is 10.6 Å². The summed E-state index contributed by atoms with van der Waals surface area (Å²) < 4.78 is 1.98. The summed E-state index contributed by atoms with van der Waals surface area (Å²) in [5.41, 5.74) is 0.715. The molecule has 2 aromatic rings. The van der Waals surface area contributed by atoms with Crippen molar-refractivity contribution < 1.29 is 9.90 Å². The Bertz CT molecular complexity index is 555. The first-order valence-electron chi connectivity index (χ1n) is 6.71. The van der Waals surface area contributed by atoms with E-state index in [4.69, 9.17) is 11.6 Å². The SMILES string of the molecule is O=C(NCCn1cccc1)NCC(O)c1ccc(Cl)cc1. The number of carbonyl (C=O) groups excluding carboxylic acids is 1. The molecule has 0 aliphatic rings. The van der Waals surface area contributed by atoms with Gasteiger partial charge in [0, 0.05) is 37.1 Å². The molecule has 0 saturated carbocycles. The van der Waals surface area contributed by atoms with E-state index in [-0.39, 0.29) is 12.6 Å². The molecule has 0 bridgehead atoms. The normalized spacial score (nSPS) is 11.9. The smallest absolute Gasteiger partial charge is 0.314 e. The molecule has 0 radical (unpaired) electrons. The summed E-state index contributed by atoms with van der Waals surface area (Å²) in [6.45, 7) is 1.38. The van der Waals surface area contributed by atoms with Crippen LogP contribution in [0.3, 0.4) is 0 Å². The predicted molar refractivity (Wildman–Crippen MR) is 82.2 cm³/mol. The lowest BCUT2D eigenvalue weighted by Crippen LogP contribution is -2.39. The van der Waals surface area contributed by atoms with Crippen molar-refractivity contribution in [2.75, 3.05) is 13.1 Å². The third kappa shape index (κ3) is 5.13. The van der Waals surface area contributed by atoms with E-state index in [0.29, 0.717) is 23.7 Å². The quantitative estimate of drug-likeness (QED) is 0.766. The lowest BCUT2D eigenvalue weighted by atomic mass is 10.1. The summed E-state index contributed by atoms with van der Waals surface area (Å²) >= 11 is 5.78. The van der Waals surface area contributed by atoms with Crippen molar-refractivity contribution in [2.45, 2.75) is 12.6 Å². The fourth-order valence-electron chi connectivity index (χ4n) is 1.87. The van der Waals surface area contributed by atoms with Gasteiger partial charge in [0.05, 0.1) is 6.10 Å². The Labute approximate surface area is 128 Å². The zero-order valence-corrected chi connectivity index (χ0v) is 12.3. The molecule has 5 nitrogen and oxygen atoms in total. The van der Waals surface area contributed by atoms with Crippen LogP contribution in [0.25, 0.3) is 0 Å². The zero-order valence-electron chi connectivity index (χ0n) is 11.5. The van der Waals surface area contributed by atoms with Gasteiger partial charge in [-0.05, 0) is 29.8 Å². The van der Waals surface area contributed by atoms with Crippen molar-refractivity contribution >= 4 is 17.6 Å². The summed E-state index contributed by atoms with van der Waals surface area (Å²) in [6.07, 6.45) is 3.12. The molecule has 1 heterocycles. The molecule has 2 amide bonds. The summed E-state index contributed by atoms with van der Waals surface area (Å²) in [5.74, 6) is 0. The largest absolute Gasteiger partial charge is 0.387 e. The van der Waals surface area contributed by atoms with E-state index < -0.39 is 6.10 Å². The molecule has 1 aromatic carbocycles. The van der Waals surface area contributed by atoms with Crippen LogP contribution in [0.2, 0.25) is 5.02 Å². The fourth-order valence-corrected chi connectivity index (χ4v) is 2.00. The third-order valence-corrected chi connectivity index (χ3v) is 3.28. The number of hydrogen-bond acceptors (Lipinski definition) is 2. The number of hydrogen-bond donors (Lipinski definition) is 3. The monoisotopic (exact) mass is 307 g/mol. The lowest BCUT2D eigenvalue weighted by Gasteiger charge is -2.13. The lowest BCUT2D eigenvalue weighted by molar-refractivity contribution is 0.173. The average molecular weight is 308 g/mol. The van der Waals surface area contributed by atoms with E-state index in [1.54, 1.807) is 24.3 Å². The van der Waals surface area contributed by atoms with E-state index in [1.165, 1.54) is 0 Å². The van der Waals surface area contributed by atoms with Gasteiger partial charge in [-0.15, -0.1) is 0 Å². The Kier molecular flexibility index (Phi) is 5.66. The Morgan fingerprint density at radius 1 is 1.19 bits per heavy atom. The van der Waals surface area contributed by atoms with Crippen LogP contribution in [-0.2, 0) is 6.54 Å². The van der Waals surface area contributed by atoms with Gasteiger partial charge in [0.1, 0.15) is 0 Å². The number of aliphatic hydroxyl groups excluding tert-OH is 1.